The normalized spacial score (nSPS) is 12.1. The molecule has 1 atom stereocenters. The standard InChI is InChI=1S/C16H12ClNO4S/c1-9(15(19)20)21-11-3-5-12(6-4-11)22-16-18-13-7-2-10(17)8-14(13)23-16/h2-9H,1H3,(H,19,20)/p-1. The highest BCUT2D eigenvalue weighted by Crippen LogP contribution is 2.33. The van der Waals surface area contributed by atoms with Crippen LogP contribution in [0.3, 0.4) is 0 Å². The molecule has 0 N–H and O–H groups in total. The Bertz CT molecular complexity index is 847. The van der Waals surface area contributed by atoms with Gasteiger partial charge in [0.15, 0.2) is 0 Å². The molecule has 0 fully saturated rings. The number of carboxylic acid groups (broad SMARTS) is 1. The number of carbonyl (C=O) groups is 1. The summed E-state index contributed by atoms with van der Waals surface area (Å²) in [5.41, 5.74) is 0.817. The summed E-state index contributed by atoms with van der Waals surface area (Å²) in [6.07, 6.45) is -1.02. The van der Waals surface area contributed by atoms with Crippen molar-refractivity contribution in [1.29, 1.82) is 0 Å². The van der Waals surface area contributed by atoms with Crippen LogP contribution in [0.4, 0.5) is 0 Å². The van der Waals surface area contributed by atoms with Crippen LogP contribution < -0.4 is 14.6 Å². The van der Waals surface area contributed by atoms with E-state index in [2.05, 4.69) is 4.98 Å². The van der Waals surface area contributed by atoms with Crippen LogP contribution in [0.5, 0.6) is 16.7 Å². The van der Waals surface area contributed by atoms with Crippen molar-refractivity contribution in [3.63, 3.8) is 0 Å². The highest BCUT2D eigenvalue weighted by atomic mass is 35.5. The van der Waals surface area contributed by atoms with Gasteiger partial charge in [-0.05, 0) is 49.4 Å². The van der Waals surface area contributed by atoms with Crippen LogP contribution >= 0.6 is 22.9 Å². The summed E-state index contributed by atoms with van der Waals surface area (Å²) >= 11 is 7.34. The maximum absolute atomic E-state index is 10.6. The number of fused-ring (bicyclic) bond motifs is 1. The van der Waals surface area contributed by atoms with Gasteiger partial charge < -0.3 is 19.4 Å². The first kappa shape index (κ1) is 15.6. The number of hydrogen-bond acceptors (Lipinski definition) is 6. The summed E-state index contributed by atoms with van der Waals surface area (Å²) in [6, 6.07) is 12.0. The van der Waals surface area contributed by atoms with Crippen molar-refractivity contribution in [3.05, 3.63) is 47.5 Å². The minimum absolute atomic E-state index is 0.421. The van der Waals surface area contributed by atoms with E-state index >= 15 is 0 Å². The molecule has 0 spiro atoms. The predicted molar refractivity (Wildman–Crippen MR) is 86.2 cm³/mol. The van der Waals surface area contributed by atoms with Gasteiger partial charge >= 0.3 is 0 Å². The Balaban J connectivity index is 1.73. The summed E-state index contributed by atoms with van der Waals surface area (Å²) < 4.78 is 11.8. The summed E-state index contributed by atoms with van der Waals surface area (Å²) in [7, 11) is 0. The first-order chi connectivity index (χ1) is 11.0. The second-order valence-electron chi connectivity index (χ2n) is 4.74. The highest BCUT2D eigenvalue weighted by Gasteiger charge is 2.08. The minimum Gasteiger partial charge on any atom is -0.546 e. The number of rotatable bonds is 5. The van der Waals surface area contributed by atoms with E-state index in [0.717, 1.165) is 10.2 Å². The molecule has 118 valence electrons. The van der Waals surface area contributed by atoms with E-state index in [1.807, 2.05) is 12.1 Å². The fourth-order valence-electron chi connectivity index (χ4n) is 1.86. The number of carboxylic acids is 1. The van der Waals surface area contributed by atoms with Crippen molar-refractivity contribution < 1.29 is 19.4 Å². The van der Waals surface area contributed by atoms with Gasteiger partial charge in [-0.15, -0.1) is 0 Å². The van der Waals surface area contributed by atoms with Crippen molar-refractivity contribution in [2.45, 2.75) is 13.0 Å². The summed E-state index contributed by atoms with van der Waals surface area (Å²) in [5, 5.41) is 11.8. The van der Waals surface area contributed by atoms with E-state index in [1.54, 1.807) is 30.3 Å². The molecule has 3 rings (SSSR count). The van der Waals surface area contributed by atoms with Crippen LogP contribution in [0.25, 0.3) is 10.2 Å². The summed E-state index contributed by atoms with van der Waals surface area (Å²) in [6.45, 7) is 1.41. The van der Waals surface area contributed by atoms with Gasteiger partial charge in [0.25, 0.3) is 5.19 Å². The van der Waals surface area contributed by atoms with Crippen LogP contribution in [0.2, 0.25) is 5.02 Å². The van der Waals surface area contributed by atoms with Gasteiger partial charge in [-0.1, -0.05) is 22.9 Å². The molecule has 0 aliphatic rings. The number of hydrogen-bond donors (Lipinski definition) is 0. The zero-order chi connectivity index (χ0) is 16.4. The molecule has 0 radical (unpaired) electrons. The van der Waals surface area contributed by atoms with Crippen LogP contribution in [0.1, 0.15) is 6.92 Å². The molecule has 1 unspecified atom stereocenters. The van der Waals surface area contributed by atoms with Gasteiger partial charge in [-0.3, -0.25) is 0 Å². The zero-order valence-electron chi connectivity index (χ0n) is 12.0. The van der Waals surface area contributed by atoms with E-state index in [9.17, 15) is 9.90 Å². The number of aliphatic carboxylic acids is 1. The number of nitrogens with zero attached hydrogens (tertiary/aromatic N) is 1. The first-order valence-electron chi connectivity index (χ1n) is 6.73. The average Bonchev–Trinajstić information content (AvgIpc) is 2.90. The fraction of sp³-hybridized carbons (Fsp3) is 0.125. The molecular weight excluding hydrogens is 338 g/mol. The first-order valence-corrected chi connectivity index (χ1v) is 7.92. The molecule has 1 aromatic heterocycles. The maximum atomic E-state index is 10.6. The van der Waals surface area contributed by atoms with Crippen molar-refractivity contribution in [1.82, 2.24) is 4.98 Å². The van der Waals surface area contributed by atoms with Gasteiger partial charge in [-0.2, -0.15) is 0 Å². The third-order valence-corrected chi connectivity index (χ3v) is 4.14. The quantitative estimate of drug-likeness (QED) is 0.707. The lowest BCUT2D eigenvalue weighted by atomic mass is 10.3. The molecule has 7 heteroatoms. The third-order valence-electron chi connectivity index (χ3n) is 3.00. The van der Waals surface area contributed by atoms with Crippen LogP contribution in [-0.2, 0) is 4.79 Å². The molecule has 1 heterocycles. The second kappa shape index (κ2) is 6.44. The Morgan fingerprint density at radius 3 is 2.61 bits per heavy atom. The molecule has 0 aliphatic heterocycles. The van der Waals surface area contributed by atoms with E-state index in [1.165, 1.54) is 18.3 Å². The van der Waals surface area contributed by atoms with Crippen LogP contribution in [0, 0.1) is 0 Å². The topological polar surface area (TPSA) is 71.5 Å². The van der Waals surface area contributed by atoms with Crippen molar-refractivity contribution in [2.24, 2.45) is 0 Å². The number of thiazole rings is 1. The molecule has 0 amide bonds. The number of benzene rings is 2. The molecule has 0 bridgehead atoms. The van der Waals surface area contributed by atoms with Crippen molar-refractivity contribution in [3.8, 4) is 16.7 Å². The number of ether oxygens (including phenoxy) is 2. The number of carbonyl (C=O) groups excluding carboxylic acids is 1. The molecule has 23 heavy (non-hydrogen) atoms. The van der Waals surface area contributed by atoms with Gasteiger partial charge in [0.05, 0.1) is 16.2 Å². The van der Waals surface area contributed by atoms with Gasteiger partial charge in [0.1, 0.15) is 17.6 Å². The highest BCUT2D eigenvalue weighted by molar-refractivity contribution is 7.20. The van der Waals surface area contributed by atoms with Crippen molar-refractivity contribution in [2.75, 3.05) is 0 Å². The maximum Gasteiger partial charge on any atom is 0.279 e. The predicted octanol–water partition coefficient (Wildman–Crippen LogP) is 3.26. The number of halogens is 1. The third kappa shape index (κ3) is 3.72. The monoisotopic (exact) mass is 348 g/mol. The Kier molecular flexibility index (Phi) is 4.36. The summed E-state index contributed by atoms with van der Waals surface area (Å²) in [5.74, 6) is -0.271. The Morgan fingerprint density at radius 2 is 1.91 bits per heavy atom. The molecule has 5 nitrogen and oxygen atoms in total. The lowest BCUT2D eigenvalue weighted by molar-refractivity contribution is -0.312. The minimum atomic E-state index is -1.27. The van der Waals surface area contributed by atoms with E-state index in [0.29, 0.717) is 21.7 Å². The van der Waals surface area contributed by atoms with E-state index in [4.69, 9.17) is 21.1 Å². The Hall–Kier alpha value is -2.31. The van der Waals surface area contributed by atoms with E-state index < -0.39 is 12.1 Å². The van der Waals surface area contributed by atoms with Gasteiger partial charge in [0, 0.05) is 5.02 Å². The number of aromatic nitrogens is 1. The summed E-state index contributed by atoms with van der Waals surface area (Å²) in [4.78, 5) is 15.0. The lowest BCUT2D eigenvalue weighted by Gasteiger charge is -2.15. The molecule has 0 aliphatic carbocycles. The molecule has 0 saturated heterocycles. The second-order valence-corrected chi connectivity index (χ2v) is 6.17. The zero-order valence-corrected chi connectivity index (χ0v) is 13.6. The molecule has 3 aromatic rings. The Labute approximate surface area is 141 Å². The van der Waals surface area contributed by atoms with Crippen molar-refractivity contribution >= 4 is 39.1 Å². The fourth-order valence-corrected chi connectivity index (χ4v) is 2.97. The lowest BCUT2D eigenvalue weighted by Crippen LogP contribution is -2.37. The van der Waals surface area contributed by atoms with Gasteiger partial charge in [-0.25, -0.2) is 4.98 Å². The smallest absolute Gasteiger partial charge is 0.279 e. The van der Waals surface area contributed by atoms with Gasteiger partial charge in [0.2, 0.25) is 0 Å². The van der Waals surface area contributed by atoms with E-state index in [-0.39, 0.29) is 0 Å². The molecular formula is C16H11ClNO4S-. The Morgan fingerprint density at radius 1 is 1.22 bits per heavy atom. The SMILES string of the molecule is CC(Oc1ccc(Oc2nc3ccc(Cl)cc3s2)cc1)C(=O)[O-]. The van der Waals surface area contributed by atoms with Crippen LogP contribution in [0.15, 0.2) is 42.5 Å². The molecule has 0 saturated carbocycles. The van der Waals surface area contributed by atoms with Crippen LogP contribution in [-0.4, -0.2) is 17.1 Å². The average molecular weight is 349 g/mol. The largest absolute Gasteiger partial charge is 0.546 e. The molecule has 2 aromatic carbocycles.